The average molecular weight is 799 g/mol. The first kappa shape index (κ1) is 44.0. The average Bonchev–Trinajstić information content (AvgIpc) is 3.51. The maximum atomic E-state index is 13.1. The van der Waals surface area contributed by atoms with Crippen LogP contribution < -0.4 is 0 Å². The van der Waals surface area contributed by atoms with Crippen molar-refractivity contribution in [2.75, 3.05) is 13.2 Å². The van der Waals surface area contributed by atoms with Crippen molar-refractivity contribution >= 4 is 5.97 Å². The number of aliphatic carboxylic acids is 1. The fourth-order valence-electron chi connectivity index (χ4n) is 11.3. The maximum Gasteiger partial charge on any atom is 0.306 e. The number of carboxylic acids is 1. The topological polar surface area (TPSA) is 256 Å². The van der Waals surface area contributed by atoms with Crippen LogP contribution >= 0.6 is 0 Å². The monoisotopic (exact) mass is 798 g/mol. The van der Waals surface area contributed by atoms with Crippen LogP contribution in [-0.2, 0) is 23.7 Å². The van der Waals surface area contributed by atoms with E-state index in [2.05, 4.69) is 26.0 Å². The Balaban J connectivity index is 1.13. The van der Waals surface area contributed by atoms with Crippen molar-refractivity contribution in [1.82, 2.24) is 0 Å². The predicted octanol–water partition coefficient (Wildman–Crippen LogP) is 0.744. The van der Waals surface area contributed by atoms with E-state index in [1.807, 2.05) is 13.8 Å². The second-order valence-corrected chi connectivity index (χ2v) is 18.4. The number of aliphatic hydroxyl groups excluding tert-OH is 8. The van der Waals surface area contributed by atoms with E-state index in [0.29, 0.717) is 12.8 Å². The molecule has 2 aliphatic heterocycles. The number of hydrogen-bond acceptors (Lipinski definition) is 14. The van der Waals surface area contributed by atoms with Crippen LogP contribution in [-0.4, -0.2) is 149 Å². The summed E-state index contributed by atoms with van der Waals surface area (Å²) in [6.07, 6.45) is -5.00. The molecular weight excluding hydrogens is 732 g/mol. The maximum absolute atomic E-state index is 13.1. The van der Waals surface area contributed by atoms with Crippen LogP contribution in [0.1, 0.15) is 92.4 Å². The molecule has 0 spiro atoms. The largest absolute Gasteiger partial charge is 0.481 e. The van der Waals surface area contributed by atoms with Crippen LogP contribution in [0.4, 0.5) is 0 Å². The lowest BCUT2D eigenvalue weighted by atomic mass is 9.51. The molecule has 320 valence electrons. The van der Waals surface area contributed by atoms with E-state index >= 15 is 0 Å². The van der Waals surface area contributed by atoms with E-state index in [1.54, 1.807) is 6.92 Å². The van der Waals surface area contributed by atoms with Gasteiger partial charge in [0.1, 0.15) is 48.8 Å². The molecule has 0 aromatic rings. The Morgan fingerprint density at radius 2 is 1.48 bits per heavy atom. The van der Waals surface area contributed by atoms with Gasteiger partial charge in [0.2, 0.25) is 0 Å². The quantitative estimate of drug-likeness (QED) is 0.123. The second-order valence-electron chi connectivity index (χ2n) is 18.4. The number of carboxylic acid groups (broad SMARTS) is 1. The minimum atomic E-state index is -1.63. The number of hydrogen-bond donors (Lipinski definition) is 10. The summed E-state index contributed by atoms with van der Waals surface area (Å²) in [5, 5.41) is 104. The predicted molar refractivity (Wildman–Crippen MR) is 198 cm³/mol. The molecule has 19 atom stereocenters. The normalized spacial score (nSPS) is 46.1. The second kappa shape index (κ2) is 16.8. The fraction of sp³-hybridized carbons (Fsp3) is 0.878. The summed E-state index contributed by atoms with van der Waals surface area (Å²) < 4.78 is 23.3. The highest BCUT2D eigenvalue weighted by atomic mass is 16.7. The number of carbonyl (C=O) groups is 1. The molecule has 2 saturated heterocycles. The number of fused-ring (bicyclic) bond motifs is 5. The van der Waals surface area contributed by atoms with Crippen molar-refractivity contribution in [2.24, 2.45) is 40.4 Å². The standard InChI is InChI=1S/C41H66O15/c1-19(2)41(52,20(3)53-37-34(48)32(46)30(44)28(17-42)55-37)15-11-24(36(50)51)26-9-8-25-23-7-6-21-16-22(10-13-39(21,4)27(23)12-14-40(25,26)5)54-38-35(49)33(47)31(45)29(18-43)56-38/h7,12,19-22,24-26,28-35,37-38,42-49,52H,6,8-11,13-18H2,1-5H3,(H,50,51)/t20-,21?,22-,24+,25-,26+,28+,29+,30+,31+,32-,33-,34+,35+,37+,38+,39-,40-,41+/m0/s1. The molecular formula is C41H66O15. The van der Waals surface area contributed by atoms with Crippen LogP contribution in [0.25, 0.3) is 0 Å². The van der Waals surface area contributed by atoms with Crippen LogP contribution in [0.5, 0.6) is 0 Å². The summed E-state index contributed by atoms with van der Waals surface area (Å²) in [5.74, 6) is -1.78. The zero-order chi connectivity index (χ0) is 41.1. The van der Waals surface area contributed by atoms with E-state index in [4.69, 9.17) is 18.9 Å². The molecule has 1 unspecified atom stereocenters. The lowest BCUT2D eigenvalue weighted by molar-refractivity contribution is -0.324. The SMILES string of the molecule is CC(C)[C@](O)(CC[C@@H](C(=O)O)[C@H]1CC[C@H]2C3=CCC4C[C@@H](O[C@@H]5O[C@H](CO)[C@@H](O)[C@H](O)[C@H]5O)CC[C@]4(C)C3=CC[C@]12C)[C@H](C)O[C@@H]1O[C@H](CO)[C@@H](O)[C@H](O)[C@H]1O. The zero-order valence-corrected chi connectivity index (χ0v) is 33.3. The third-order valence-electron chi connectivity index (χ3n) is 15.2. The molecule has 6 aliphatic rings. The van der Waals surface area contributed by atoms with Gasteiger partial charge in [0, 0.05) is 0 Å². The molecule has 56 heavy (non-hydrogen) atoms. The molecule has 0 bridgehead atoms. The number of allylic oxidation sites excluding steroid dienone is 4. The lowest BCUT2D eigenvalue weighted by Crippen LogP contribution is -2.61. The third kappa shape index (κ3) is 7.67. The summed E-state index contributed by atoms with van der Waals surface area (Å²) >= 11 is 0. The Labute approximate surface area is 328 Å². The first-order chi connectivity index (χ1) is 26.3. The van der Waals surface area contributed by atoms with Crippen molar-refractivity contribution in [3.05, 3.63) is 23.3 Å². The van der Waals surface area contributed by atoms with Gasteiger partial charge in [-0.3, -0.25) is 4.79 Å². The van der Waals surface area contributed by atoms with E-state index in [1.165, 1.54) is 11.1 Å². The van der Waals surface area contributed by atoms with Gasteiger partial charge < -0.3 is 70.0 Å². The number of rotatable bonds is 13. The van der Waals surface area contributed by atoms with Crippen molar-refractivity contribution in [1.29, 1.82) is 0 Å². The van der Waals surface area contributed by atoms with Gasteiger partial charge in [-0.2, -0.15) is 0 Å². The molecule has 0 aromatic carbocycles. The Bertz CT molecular complexity index is 1450. The van der Waals surface area contributed by atoms with Crippen molar-refractivity contribution in [3.63, 3.8) is 0 Å². The molecule has 10 N–H and O–H groups in total. The molecule has 15 heteroatoms. The highest BCUT2D eigenvalue weighted by Crippen LogP contribution is 2.65. The first-order valence-electron chi connectivity index (χ1n) is 20.6. The van der Waals surface area contributed by atoms with Gasteiger partial charge in [-0.15, -0.1) is 0 Å². The van der Waals surface area contributed by atoms with Crippen LogP contribution in [0.15, 0.2) is 23.3 Å². The Morgan fingerprint density at radius 1 is 0.875 bits per heavy atom. The van der Waals surface area contributed by atoms with Gasteiger partial charge in [-0.1, -0.05) is 39.8 Å². The zero-order valence-electron chi connectivity index (χ0n) is 33.3. The molecule has 15 nitrogen and oxygen atoms in total. The highest BCUT2D eigenvalue weighted by molar-refractivity contribution is 5.70. The Kier molecular flexibility index (Phi) is 13.2. The van der Waals surface area contributed by atoms with Gasteiger partial charge in [0.25, 0.3) is 0 Å². The summed E-state index contributed by atoms with van der Waals surface area (Å²) in [4.78, 5) is 13.1. The van der Waals surface area contributed by atoms with Gasteiger partial charge >= 0.3 is 5.97 Å². The first-order valence-corrected chi connectivity index (χ1v) is 20.6. The Morgan fingerprint density at radius 3 is 2.07 bits per heavy atom. The molecule has 6 rings (SSSR count). The summed E-state index contributed by atoms with van der Waals surface area (Å²) in [6, 6.07) is 0. The van der Waals surface area contributed by atoms with E-state index in [-0.39, 0.29) is 53.4 Å². The molecule has 0 aromatic heterocycles. The minimum absolute atomic E-state index is 0.0906. The van der Waals surface area contributed by atoms with E-state index in [0.717, 1.165) is 32.1 Å². The molecule has 0 radical (unpaired) electrons. The molecule has 2 saturated carbocycles. The van der Waals surface area contributed by atoms with Gasteiger partial charge in [-0.25, -0.2) is 0 Å². The van der Waals surface area contributed by atoms with Crippen molar-refractivity contribution in [2.45, 2.75) is 172 Å². The fourth-order valence-corrected chi connectivity index (χ4v) is 11.3. The van der Waals surface area contributed by atoms with Crippen LogP contribution in [0, 0.1) is 40.4 Å². The molecule has 0 amide bonds. The van der Waals surface area contributed by atoms with Crippen molar-refractivity contribution < 1.29 is 74.8 Å². The molecule has 4 fully saturated rings. The van der Waals surface area contributed by atoms with Crippen molar-refractivity contribution in [3.8, 4) is 0 Å². The smallest absolute Gasteiger partial charge is 0.306 e. The van der Waals surface area contributed by atoms with Gasteiger partial charge in [-0.05, 0) is 110 Å². The van der Waals surface area contributed by atoms with E-state index in [9.17, 15) is 55.9 Å². The van der Waals surface area contributed by atoms with Gasteiger partial charge in [0.15, 0.2) is 12.6 Å². The van der Waals surface area contributed by atoms with Crippen LogP contribution in [0.3, 0.4) is 0 Å². The highest BCUT2D eigenvalue weighted by Gasteiger charge is 2.58. The third-order valence-corrected chi connectivity index (χ3v) is 15.2. The number of ether oxygens (including phenoxy) is 4. The summed E-state index contributed by atoms with van der Waals surface area (Å²) in [6.45, 7) is 8.59. The molecule has 4 aliphatic carbocycles. The van der Waals surface area contributed by atoms with Crippen LogP contribution in [0.2, 0.25) is 0 Å². The molecule has 2 heterocycles. The number of aliphatic hydroxyl groups is 9. The minimum Gasteiger partial charge on any atom is -0.481 e. The summed E-state index contributed by atoms with van der Waals surface area (Å²) in [7, 11) is 0. The Hall–Kier alpha value is -1.57. The lowest BCUT2D eigenvalue weighted by Gasteiger charge is -2.54. The van der Waals surface area contributed by atoms with Gasteiger partial charge in [0.05, 0.1) is 36.9 Å². The van der Waals surface area contributed by atoms with E-state index < -0.39 is 98.2 Å². The summed E-state index contributed by atoms with van der Waals surface area (Å²) in [5.41, 5.74) is 0.641.